The Morgan fingerprint density at radius 1 is 1.56 bits per heavy atom. The van der Waals surface area contributed by atoms with E-state index in [2.05, 4.69) is 11.9 Å². The summed E-state index contributed by atoms with van der Waals surface area (Å²) in [5, 5.41) is 3.91. The first kappa shape index (κ1) is 14.4. The second kappa shape index (κ2) is 5.77. The van der Waals surface area contributed by atoms with E-state index in [-0.39, 0.29) is 5.91 Å². The molecule has 1 rings (SSSR count). The Bertz CT molecular complexity index is 466. The monoisotopic (exact) mass is 269 g/mol. The number of nitrogens with zero attached hydrogens (tertiary/aromatic N) is 1. The number of anilines is 2. The molecule has 0 unspecified atom stereocenters. The average molecular weight is 269 g/mol. The molecule has 0 saturated heterocycles. The van der Waals surface area contributed by atoms with Gasteiger partial charge in [-0.3, -0.25) is 4.79 Å². The van der Waals surface area contributed by atoms with E-state index in [0.29, 0.717) is 22.9 Å². The largest absolute Gasteiger partial charge is 0.492 e. The molecule has 0 radical (unpaired) electrons. The third-order valence-corrected chi connectivity index (χ3v) is 3.39. The number of nitrogens with two attached hydrogens (primary N) is 1. The minimum atomic E-state index is -0.126. The maximum atomic E-state index is 11.9. The topological polar surface area (TPSA) is 67.6 Å². The van der Waals surface area contributed by atoms with E-state index in [1.807, 2.05) is 6.92 Å². The maximum absolute atomic E-state index is 11.9. The normalized spacial score (nSPS) is 10.0. The lowest BCUT2D eigenvalue weighted by atomic mass is 10.3. The van der Waals surface area contributed by atoms with Crippen molar-refractivity contribution in [3.05, 3.63) is 17.0 Å². The van der Waals surface area contributed by atoms with Gasteiger partial charge in [0.15, 0.2) is 5.75 Å². The van der Waals surface area contributed by atoms with Crippen molar-refractivity contribution in [1.82, 2.24) is 4.90 Å². The van der Waals surface area contributed by atoms with Gasteiger partial charge in [0.2, 0.25) is 0 Å². The smallest absolute Gasteiger partial charge is 0.265 e. The molecule has 1 heterocycles. The second-order valence-electron chi connectivity index (χ2n) is 4.22. The van der Waals surface area contributed by atoms with Crippen LogP contribution in [0.1, 0.15) is 16.6 Å². The minimum Gasteiger partial charge on any atom is -0.492 e. The minimum absolute atomic E-state index is 0.126. The lowest BCUT2D eigenvalue weighted by Gasteiger charge is -2.08. The molecule has 18 heavy (non-hydrogen) atoms. The Labute approximate surface area is 111 Å². The second-order valence-corrected chi connectivity index (χ2v) is 5.24. The van der Waals surface area contributed by atoms with E-state index in [9.17, 15) is 4.79 Å². The first-order valence-electron chi connectivity index (χ1n) is 5.44. The molecular formula is C12H19N3O2S. The molecule has 0 atom stereocenters. The van der Waals surface area contributed by atoms with Crippen molar-refractivity contribution >= 4 is 27.9 Å². The molecule has 0 aliphatic carbocycles. The third kappa shape index (κ3) is 2.95. The molecule has 0 aliphatic rings. The lowest BCUT2D eigenvalue weighted by Crippen LogP contribution is -2.21. The summed E-state index contributed by atoms with van der Waals surface area (Å²) in [6.07, 6.45) is 0. The van der Waals surface area contributed by atoms with Crippen molar-refractivity contribution in [2.45, 2.75) is 6.92 Å². The van der Waals surface area contributed by atoms with Gasteiger partial charge >= 0.3 is 0 Å². The standard InChI is InChI=1S/C12H19N3O2S/c1-7(2)6-14-11-9(17-5)8(13)10(18-11)12(16)15(3)4/h14H,1,6,13H2,2-5H3. The van der Waals surface area contributed by atoms with Crippen molar-refractivity contribution < 1.29 is 9.53 Å². The summed E-state index contributed by atoms with van der Waals surface area (Å²) >= 11 is 1.30. The SMILES string of the molecule is C=C(C)CNc1sc(C(=O)N(C)C)c(N)c1OC. The highest BCUT2D eigenvalue weighted by Gasteiger charge is 2.22. The van der Waals surface area contributed by atoms with Gasteiger partial charge in [0.05, 0.1) is 7.11 Å². The molecule has 0 fully saturated rings. The number of carbonyl (C=O) groups excluding carboxylic acids is 1. The quantitative estimate of drug-likeness (QED) is 0.803. The van der Waals surface area contributed by atoms with Gasteiger partial charge in [-0.15, -0.1) is 11.3 Å². The highest BCUT2D eigenvalue weighted by Crippen LogP contribution is 2.42. The number of nitrogens with one attached hydrogen (secondary N) is 1. The highest BCUT2D eigenvalue weighted by atomic mass is 32.1. The first-order chi connectivity index (χ1) is 8.38. The zero-order chi connectivity index (χ0) is 13.9. The fourth-order valence-corrected chi connectivity index (χ4v) is 2.45. The fourth-order valence-electron chi connectivity index (χ4n) is 1.34. The van der Waals surface area contributed by atoms with Crippen molar-refractivity contribution in [3.8, 4) is 5.75 Å². The van der Waals surface area contributed by atoms with E-state index in [0.717, 1.165) is 10.6 Å². The fraction of sp³-hybridized carbons (Fsp3) is 0.417. The van der Waals surface area contributed by atoms with E-state index >= 15 is 0 Å². The Balaban J connectivity index is 3.08. The van der Waals surface area contributed by atoms with Gasteiger partial charge in [-0.2, -0.15) is 0 Å². The number of ether oxygens (including phenoxy) is 1. The molecule has 0 saturated carbocycles. The van der Waals surface area contributed by atoms with Gasteiger partial charge in [-0.1, -0.05) is 12.2 Å². The van der Waals surface area contributed by atoms with Crippen LogP contribution in [0.25, 0.3) is 0 Å². The zero-order valence-corrected chi connectivity index (χ0v) is 12.0. The van der Waals surface area contributed by atoms with Gasteiger partial charge in [-0.25, -0.2) is 0 Å². The number of hydrogen-bond donors (Lipinski definition) is 2. The zero-order valence-electron chi connectivity index (χ0n) is 11.2. The van der Waals surface area contributed by atoms with Gasteiger partial charge in [0, 0.05) is 20.6 Å². The molecule has 0 spiro atoms. The average Bonchev–Trinajstić information content (AvgIpc) is 2.61. The molecule has 100 valence electrons. The van der Waals surface area contributed by atoms with Crippen LogP contribution in [0.5, 0.6) is 5.75 Å². The van der Waals surface area contributed by atoms with Crippen LogP contribution in [-0.2, 0) is 0 Å². The Hall–Kier alpha value is -1.69. The molecule has 6 heteroatoms. The molecular weight excluding hydrogens is 250 g/mol. The van der Waals surface area contributed by atoms with Crippen LogP contribution in [0.15, 0.2) is 12.2 Å². The van der Waals surface area contributed by atoms with E-state index in [1.165, 1.54) is 23.3 Å². The van der Waals surface area contributed by atoms with E-state index in [4.69, 9.17) is 10.5 Å². The number of amides is 1. The molecule has 0 bridgehead atoms. The van der Waals surface area contributed by atoms with Gasteiger partial charge in [-0.05, 0) is 6.92 Å². The third-order valence-electron chi connectivity index (χ3n) is 2.25. The molecule has 0 aromatic carbocycles. The Kier molecular flexibility index (Phi) is 4.61. The summed E-state index contributed by atoms with van der Waals surface area (Å²) < 4.78 is 5.24. The van der Waals surface area contributed by atoms with Crippen LogP contribution in [0.3, 0.4) is 0 Å². The van der Waals surface area contributed by atoms with Crippen LogP contribution in [0, 0.1) is 0 Å². The summed E-state index contributed by atoms with van der Waals surface area (Å²) in [5.74, 6) is 0.394. The first-order valence-corrected chi connectivity index (χ1v) is 6.26. The molecule has 1 aromatic heterocycles. The molecule has 0 aliphatic heterocycles. The highest BCUT2D eigenvalue weighted by molar-refractivity contribution is 7.19. The van der Waals surface area contributed by atoms with Crippen LogP contribution in [0.2, 0.25) is 0 Å². The van der Waals surface area contributed by atoms with Crippen molar-refractivity contribution in [1.29, 1.82) is 0 Å². The predicted octanol–water partition coefficient (Wildman–Crippen LogP) is 2.03. The number of rotatable bonds is 5. The number of hydrogen-bond acceptors (Lipinski definition) is 5. The number of nitrogen functional groups attached to an aromatic ring is 1. The number of thiophene rings is 1. The van der Waals surface area contributed by atoms with Crippen LogP contribution in [-0.4, -0.2) is 38.6 Å². The van der Waals surface area contributed by atoms with Crippen molar-refractivity contribution in [2.24, 2.45) is 0 Å². The summed E-state index contributed by atoms with van der Waals surface area (Å²) in [5.41, 5.74) is 7.31. The molecule has 5 nitrogen and oxygen atoms in total. The van der Waals surface area contributed by atoms with Gasteiger partial charge in [0.1, 0.15) is 15.6 Å². The van der Waals surface area contributed by atoms with Crippen LogP contribution in [0.4, 0.5) is 10.7 Å². The molecule has 1 aromatic rings. The number of methoxy groups -OCH3 is 1. The summed E-state index contributed by atoms with van der Waals surface area (Å²) in [6, 6.07) is 0. The Morgan fingerprint density at radius 2 is 2.17 bits per heavy atom. The van der Waals surface area contributed by atoms with Crippen LogP contribution < -0.4 is 15.8 Å². The number of carbonyl (C=O) groups is 1. The van der Waals surface area contributed by atoms with Crippen LogP contribution >= 0.6 is 11.3 Å². The Morgan fingerprint density at radius 3 is 2.61 bits per heavy atom. The summed E-state index contributed by atoms with van der Waals surface area (Å²) in [4.78, 5) is 13.9. The lowest BCUT2D eigenvalue weighted by molar-refractivity contribution is 0.0833. The summed E-state index contributed by atoms with van der Waals surface area (Å²) in [6.45, 7) is 6.35. The summed E-state index contributed by atoms with van der Waals surface area (Å²) in [7, 11) is 4.91. The van der Waals surface area contributed by atoms with Gasteiger partial charge in [0.25, 0.3) is 5.91 Å². The molecule has 3 N–H and O–H groups in total. The predicted molar refractivity (Wildman–Crippen MR) is 76.6 cm³/mol. The van der Waals surface area contributed by atoms with Crippen molar-refractivity contribution in [3.63, 3.8) is 0 Å². The van der Waals surface area contributed by atoms with E-state index < -0.39 is 0 Å². The molecule has 1 amide bonds. The van der Waals surface area contributed by atoms with Gasteiger partial charge < -0.3 is 20.7 Å². The van der Waals surface area contributed by atoms with E-state index in [1.54, 1.807) is 14.1 Å². The van der Waals surface area contributed by atoms with Crippen molar-refractivity contribution in [2.75, 3.05) is 38.8 Å². The maximum Gasteiger partial charge on any atom is 0.265 e.